The highest BCUT2D eigenvalue weighted by molar-refractivity contribution is 5.79. The van der Waals surface area contributed by atoms with Crippen LogP contribution in [-0.4, -0.2) is 6.29 Å². The number of benzene rings is 1. The molecule has 1 rings (SSSR count). The number of aldehydes is 1. The Hall–Kier alpha value is -1.57. The number of rotatable bonds is 2. The summed E-state index contributed by atoms with van der Waals surface area (Å²) < 4.78 is 0. The quantitative estimate of drug-likeness (QED) is 0.504. The van der Waals surface area contributed by atoms with Crippen LogP contribution in [0.2, 0.25) is 0 Å². The lowest BCUT2D eigenvalue weighted by atomic mass is 10.2. The maximum atomic E-state index is 10.0. The van der Waals surface area contributed by atoms with Gasteiger partial charge >= 0.3 is 0 Å². The standard InChI is InChI=1S/C9H9NO/c10-9(6-7-11)8-4-2-1-3-5-8/h1-7H,10H2/b9-6-. The molecule has 0 spiro atoms. The molecule has 0 amide bonds. The van der Waals surface area contributed by atoms with Crippen molar-refractivity contribution in [1.29, 1.82) is 0 Å². The van der Waals surface area contributed by atoms with E-state index in [1.54, 1.807) is 0 Å². The van der Waals surface area contributed by atoms with Crippen LogP contribution in [0.1, 0.15) is 5.56 Å². The van der Waals surface area contributed by atoms with Crippen molar-refractivity contribution in [2.24, 2.45) is 5.73 Å². The summed E-state index contributed by atoms with van der Waals surface area (Å²) in [7, 11) is 0. The summed E-state index contributed by atoms with van der Waals surface area (Å²) in [5, 5.41) is 0. The van der Waals surface area contributed by atoms with Crippen molar-refractivity contribution in [1.82, 2.24) is 0 Å². The summed E-state index contributed by atoms with van der Waals surface area (Å²) in [5.74, 6) is 0. The zero-order chi connectivity index (χ0) is 8.10. The Balaban J connectivity index is 2.94. The maximum Gasteiger partial charge on any atom is 0.144 e. The first-order valence-electron chi connectivity index (χ1n) is 3.31. The molecule has 0 bridgehead atoms. The Bertz CT molecular complexity index is 264. The monoisotopic (exact) mass is 147 g/mol. The van der Waals surface area contributed by atoms with E-state index in [1.807, 2.05) is 30.3 Å². The van der Waals surface area contributed by atoms with Crippen molar-refractivity contribution >= 4 is 12.0 Å². The molecule has 0 heterocycles. The van der Waals surface area contributed by atoms with Gasteiger partial charge in [0.2, 0.25) is 0 Å². The molecule has 0 unspecified atom stereocenters. The van der Waals surface area contributed by atoms with Crippen molar-refractivity contribution < 1.29 is 4.79 Å². The van der Waals surface area contributed by atoms with Crippen LogP contribution in [0.4, 0.5) is 0 Å². The van der Waals surface area contributed by atoms with Crippen molar-refractivity contribution in [3.05, 3.63) is 42.0 Å². The van der Waals surface area contributed by atoms with Crippen LogP contribution in [-0.2, 0) is 4.79 Å². The highest BCUT2D eigenvalue weighted by Gasteiger charge is 1.91. The fraction of sp³-hybridized carbons (Fsp3) is 0. The van der Waals surface area contributed by atoms with Gasteiger partial charge in [0.15, 0.2) is 0 Å². The molecule has 0 radical (unpaired) electrons. The SMILES string of the molecule is N/C(=C\C=O)c1ccccc1. The molecule has 0 aliphatic carbocycles. The first-order valence-corrected chi connectivity index (χ1v) is 3.31. The van der Waals surface area contributed by atoms with E-state index in [0.717, 1.165) is 5.56 Å². The van der Waals surface area contributed by atoms with E-state index in [4.69, 9.17) is 5.73 Å². The second kappa shape index (κ2) is 3.56. The van der Waals surface area contributed by atoms with Gasteiger partial charge in [0.05, 0.1) is 0 Å². The summed E-state index contributed by atoms with van der Waals surface area (Å²) in [4.78, 5) is 10.0. The van der Waals surface area contributed by atoms with Gasteiger partial charge in [-0.25, -0.2) is 0 Å². The van der Waals surface area contributed by atoms with E-state index in [-0.39, 0.29) is 0 Å². The third-order valence-corrected chi connectivity index (χ3v) is 1.35. The average Bonchev–Trinajstić information content (AvgIpc) is 2.07. The normalized spacial score (nSPS) is 11.1. The maximum absolute atomic E-state index is 10.0. The molecular formula is C9H9NO. The summed E-state index contributed by atoms with van der Waals surface area (Å²) in [6.07, 6.45) is 2.03. The van der Waals surface area contributed by atoms with Crippen LogP contribution < -0.4 is 5.73 Å². The Morgan fingerprint density at radius 3 is 2.45 bits per heavy atom. The highest BCUT2D eigenvalue weighted by atomic mass is 16.1. The first-order chi connectivity index (χ1) is 5.34. The number of hydrogen-bond donors (Lipinski definition) is 1. The van der Waals surface area contributed by atoms with Crippen molar-refractivity contribution in [2.75, 3.05) is 0 Å². The molecule has 0 atom stereocenters. The number of nitrogens with two attached hydrogens (primary N) is 1. The molecule has 0 aliphatic rings. The van der Waals surface area contributed by atoms with Crippen LogP contribution in [0, 0.1) is 0 Å². The molecule has 2 nitrogen and oxygen atoms in total. The molecule has 1 aromatic carbocycles. The zero-order valence-electron chi connectivity index (χ0n) is 6.03. The average molecular weight is 147 g/mol. The van der Waals surface area contributed by atoms with E-state index in [2.05, 4.69) is 0 Å². The summed E-state index contributed by atoms with van der Waals surface area (Å²) in [5.41, 5.74) is 6.91. The number of hydrogen-bond acceptors (Lipinski definition) is 2. The summed E-state index contributed by atoms with van der Waals surface area (Å²) >= 11 is 0. The fourth-order valence-electron chi connectivity index (χ4n) is 0.800. The van der Waals surface area contributed by atoms with Crippen molar-refractivity contribution in [3.8, 4) is 0 Å². The third kappa shape index (κ3) is 1.93. The van der Waals surface area contributed by atoms with Gasteiger partial charge < -0.3 is 5.73 Å². The van der Waals surface area contributed by atoms with Crippen LogP contribution in [0.25, 0.3) is 5.70 Å². The van der Waals surface area contributed by atoms with E-state index < -0.39 is 0 Å². The smallest absolute Gasteiger partial charge is 0.144 e. The second-order valence-corrected chi connectivity index (χ2v) is 2.12. The van der Waals surface area contributed by atoms with E-state index >= 15 is 0 Å². The minimum atomic E-state index is 0.501. The third-order valence-electron chi connectivity index (χ3n) is 1.35. The predicted octanol–water partition coefficient (Wildman–Crippen LogP) is 1.19. The molecule has 2 heteroatoms. The minimum Gasteiger partial charge on any atom is -0.398 e. The second-order valence-electron chi connectivity index (χ2n) is 2.12. The first kappa shape index (κ1) is 7.54. The van der Waals surface area contributed by atoms with Crippen LogP contribution in [0.5, 0.6) is 0 Å². The topological polar surface area (TPSA) is 43.1 Å². The van der Waals surface area contributed by atoms with Crippen LogP contribution >= 0.6 is 0 Å². The molecular weight excluding hydrogens is 138 g/mol. The van der Waals surface area contributed by atoms with Crippen molar-refractivity contribution in [2.45, 2.75) is 0 Å². The van der Waals surface area contributed by atoms with E-state index in [0.29, 0.717) is 12.0 Å². The van der Waals surface area contributed by atoms with Gasteiger partial charge in [-0.15, -0.1) is 0 Å². The van der Waals surface area contributed by atoms with Gasteiger partial charge in [-0.1, -0.05) is 30.3 Å². The van der Waals surface area contributed by atoms with Gasteiger partial charge in [0.1, 0.15) is 6.29 Å². The van der Waals surface area contributed by atoms with Gasteiger partial charge in [-0.3, -0.25) is 4.79 Å². The molecule has 0 saturated carbocycles. The molecule has 0 saturated heterocycles. The molecule has 11 heavy (non-hydrogen) atoms. The Labute approximate surface area is 65.3 Å². The molecule has 1 aromatic rings. The number of allylic oxidation sites excluding steroid dienone is 1. The number of carbonyl (C=O) groups excluding carboxylic acids is 1. The minimum absolute atomic E-state index is 0.501. The van der Waals surface area contributed by atoms with E-state index in [1.165, 1.54) is 6.08 Å². The predicted molar refractivity (Wildman–Crippen MR) is 44.7 cm³/mol. The summed E-state index contributed by atoms with van der Waals surface area (Å²) in [6.45, 7) is 0. The Morgan fingerprint density at radius 1 is 1.27 bits per heavy atom. The van der Waals surface area contributed by atoms with Gasteiger partial charge in [-0.05, 0) is 5.56 Å². The molecule has 0 fully saturated rings. The van der Waals surface area contributed by atoms with Crippen LogP contribution in [0.15, 0.2) is 36.4 Å². The summed E-state index contributed by atoms with van der Waals surface area (Å²) in [6, 6.07) is 9.37. The van der Waals surface area contributed by atoms with E-state index in [9.17, 15) is 4.79 Å². The lowest BCUT2D eigenvalue weighted by molar-refractivity contribution is -0.104. The van der Waals surface area contributed by atoms with Gasteiger partial charge in [0.25, 0.3) is 0 Å². The molecule has 0 aliphatic heterocycles. The largest absolute Gasteiger partial charge is 0.398 e. The molecule has 0 aromatic heterocycles. The van der Waals surface area contributed by atoms with Crippen LogP contribution in [0.3, 0.4) is 0 Å². The highest BCUT2D eigenvalue weighted by Crippen LogP contribution is 2.05. The molecule has 56 valence electrons. The van der Waals surface area contributed by atoms with Gasteiger partial charge in [0, 0.05) is 11.8 Å². The van der Waals surface area contributed by atoms with Crippen molar-refractivity contribution in [3.63, 3.8) is 0 Å². The Kier molecular flexibility index (Phi) is 2.44. The molecule has 2 N–H and O–H groups in total. The zero-order valence-corrected chi connectivity index (χ0v) is 6.03. The fourth-order valence-corrected chi connectivity index (χ4v) is 0.800. The Morgan fingerprint density at radius 2 is 1.91 bits per heavy atom. The lowest BCUT2D eigenvalue weighted by Gasteiger charge is -1.97. The lowest BCUT2D eigenvalue weighted by Crippen LogP contribution is -1.95. The number of carbonyl (C=O) groups is 1. The van der Waals surface area contributed by atoms with Gasteiger partial charge in [-0.2, -0.15) is 0 Å².